The van der Waals surface area contributed by atoms with E-state index in [1.807, 2.05) is 42.5 Å². The Hall–Kier alpha value is -2.40. The summed E-state index contributed by atoms with van der Waals surface area (Å²) in [6.45, 7) is 1.71. The number of amides is 1. The molecular formula is C22H27NO4. The number of hydrogen-bond acceptors (Lipinski definition) is 3. The summed E-state index contributed by atoms with van der Waals surface area (Å²) in [4.78, 5) is 23.8. The number of ether oxygens (including phenoxy) is 1. The fourth-order valence-electron chi connectivity index (χ4n) is 3.68. The molecule has 27 heavy (non-hydrogen) atoms. The van der Waals surface area contributed by atoms with Crippen LogP contribution in [0.5, 0.6) is 0 Å². The molecule has 0 saturated carbocycles. The topological polar surface area (TPSA) is 75.6 Å². The number of fused-ring (bicyclic) bond motifs is 1. The summed E-state index contributed by atoms with van der Waals surface area (Å²) in [5.74, 6) is -1.04. The fraction of sp³-hybridized carbons (Fsp3) is 0.455. The molecule has 0 aromatic heterocycles. The van der Waals surface area contributed by atoms with Crippen LogP contribution in [0.25, 0.3) is 10.8 Å². The van der Waals surface area contributed by atoms with E-state index in [0.717, 1.165) is 48.8 Å². The Bertz CT molecular complexity index is 777. The molecule has 2 aromatic rings. The van der Waals surface area contributed by atoms with Crippen LogP contribution in [0.4, 0.5) is 0 Å². The second-order valence-electron chi connectivity index (χ2n) is 7.28. The zero-order chi connectivity index (χ0) is 19.1. The molecule has 5 nitrogen and oxygen atoms in total. The molecule has 1 saturated heterocycles. The summed E-state index contributed by atoms with van der Waals surface area (Å²) < 4.78 is 5.33. The number of hydrogen-bond donors (Lipinski definition) is 2. The van der Waals surface area contributed by atoms with E-state index in [4.69, 9.17) is 4.74 Å². The minimum atomic E-state index is -0.882. The molecule has 1 unspecified atom stereocenters. The van der Waals surface area contributed by atoms with Crippen molar-refractivity contribution in [3.8, 4) is 0 Å². The van der Waals surface area contributed by atoms with Crippen LogP contribution in [-0.2, 0) is 20.7 Å². The van der Waals surface area contributed by atoms with Crippen molar-refractivity contribution >= 4 is 22.6 Å². The lowest BCUT2D eigenvalue weighted by molar-refractivity contribution is -0.141. The largest absolute Gasteiger partial charge is 0.481 e. The number of carbonyl (C=O) groups excluding carboxylic acids is 1. The Morgan fingerprint density at radius 1 is 1.11 bits per heavy atom. The minimum Gasteiger partial charge on any atom is -0.481 e. The van der Waals surface area contributed by atoms with Gasteiger partial charge in [0.05, 0.1) is 5.92 Å². The molecule has 0 spiro atoms. The van der Waals surface area contributed by atoms with Gasteiger partial charge in [0.25, 0.3) is 0 Å². The molecule has 1 aliphatic heterocycles. The Morgan fingerprint density at radius 3 is 2.63 bits per heavy atom. The molecule has 2 N–H and O–H groups in total. The molecule has 1 atom stereocenters. The lowest BCUT2D eigenvalue weighted by atomic mass is 9.94. The summed E-state index contributed by atoms with van der Waals surface area (Å²) in [5.41, 5.74) is 0.997. The van der Waals surface area contributed by atoms with Crippen molar-refractivity contribution in [2.45, 2.75) is 32.1 Å². The average Bonchev–Trinajstić information content (AvgIpc) is 2.70. The van der Waals surface area contributed by atoms with Gasteiger partial charge >= 0.3 is 5.97 Å². The third kappa shape index (κ3) is 5.54. The maximum atomic E-state index is 12.1. The quantitative estimate of drug-likeness (QED) is 0.748. The van der Waals surface area contributed by atoms with Crippen molar-refractivity contribution in [2.75, 3.05) is 19.8 Å². The molecule has 1 amide bonds. The SMILES string of the molecule is O=C(CCC1CCOCC1)NCC(Cc1cccc2ccccc12)C(=O)O. The predicted octanol–water partition coefficient (Wildman–Crippen LogP) is 3.41. The van der Waals surface area contributed by atoms with Gasteiger partial charge in [-0.3, -0.25) is 9.59 Å². The third-order valence-corrected chi connectivity index (χ3v) is 5.36. The first-order valence-corrected chi connectivity index (χ1v) is 9.67. The Morgan fingerprint density at radius 2 is 1.85 bits per heavy atom. The zero-order valence-electron chi connectivity index (χ0n) is 15.5. The van der Waals surface area contributed by atoms with Crippen LogP contribution in [0.1, 0.15) is 31.2 Å². The molecular weight excluding hydrogens is 342 g/mol. The molecule has 5 heteroatoms. The van der Waals surface area contributed by atoms with Crippen LogP contribution in [0.3, 0.4) is 0 Å². The van der Waals surface area contributed by atoms with E-state index in [1.165, 1.54) is 0 Å². The fourth-order valence-corrected chi connectivity index (χ4v) is 3.68. The number of carboxylic acids is 1. The van der Waals surface area contributed by atoms with Crippen LogP contribution in [0.15, 0.2) is 42.5 Å². The van der Waals surface area contributed by atoms with Gasteiger partial charge in [0.15, 0.2) is 0 Å². The summed E-state index contributed by atoms with van der Waals surface area (Å²) in [5, 5.41) is 14.6. The summed E-state index contributed by atoms with van der Waals surface area (Å²) in [6, 6.07) is 13.9. The third-order valence-electron chi connectivity index (χ3n) is 5.36. The molecule has 1 aliphatic rings. The first-order valence-electron chi connectivity index (χ1n) is 9.67. The number of aliphatic carboxylic acids is 1. The van der Waals surface area contributed by atoms with Gasteiger partial charge in [-0.25, -0.2) is 0 Å². The highest BCUT2D eigenvalue weighted by atomic mass is 16.5. The number of benzene rings is 2. The van der Waals surface area contributed by atoms with Gasteiger partial charge < -0.3 is 15.2 Å². The Kier molecular flexibility index (Phi) is 6.82. The van der Waals surface area contributed by atoms with Gasteiger partial charge in [-0.1, -0.05) is 42.5 Å². The van der Waals surface area contributed by atoms with Crippen molar-refractivity contribution in [3.63, 3.8) is 0 Å². The van der Waals surface area contributed by atoms with E-state index >= 15 is 0 Å². The summed E-state index contributed by atoms with van der Waals surface area (Å²) >= 11 is 0. The molecule has 2 aromatic carbocycles. The van der Waals surface area contributed by atoms with Crippen molar-refractivity contribution < 1.29 is 19.4 Å². The Balaban J connectivity index is 1.54. The molecule has 0 bridgehead atoms. The van der Waals surface area contributed by atoms with Gasteiger partial charge in [0.1, 0.15) is 0 Å². The van der Waals surface area contributed by atoms with Crippen LogP contribution in [0, 0.1) is 11.8 Å². The van der Waals surface area contributed by atoms with Crippen molar-refractivity contribution in [1.29, 1.82) is 0 Å². The van der Waals surface area contributed by atoms with E-state index in [9.17, 15) is 14.7 Å². The predicted molar refractivity (Wildman–Crippen MR) is 105 cm³/mol. The molecule has 144 valence electrons. The summed E-state index contributed by atoms with van der Waals surface area (Å²) in [7, 11) is 0. The summed E-state index contributed by atoms with van der Waals surface area (Å²) in [6.07, 6.45) is 3.71. The highest BCUT2D eigenvalue weighted by molar-refractivity contribution is 5.86. The van der Waals surface area contributed by atoms with E-state index < -0.39 is 11.9 Å². The molecule has 0 aliphatic carbocycles. The second kappa shape index (κ2) is 9.51. The number of rotatable bonds is 8. The van der Waals surface area contributed by atoms with Crippen molar-refractivity contribution in [2.24, 2.45) is 11.8 Å². The normalized spacial score (nSPS) is 16.1. The van der Waals surface area contributed by atoms with E-state index in [-0.39, 0.29) is 12.5 Å². The highest BCUT2D eigenvalue weighted by Gasteiger charge is 2.21. The molecule has 3 rings (SSSR count). The maximum absolute atomic E-state index is 12.1. The van der Waals surface area contributed by atoms with Crippen molar-refractivity contribution in [1.82, 2.24) is 5.32 Å². The molecule has 1 fully saturated rings. The zero-order valence-corrected chi connectivity index (χ0v) is 15.5. The van der Waals surface area contributed by atoms with Gasteiger partial charge in [-0.2, -0.15) is 0 Å². The lowest BCUT2D eigenvalue weighted by Gasteiger charge is -2.21. The number of carbonyl (C=O) groups is 2. The molecule has 1 heterocycles. The van der Waals surface area contributed by atoms with Crippen LogP contribution < -0.4 is 5.32 Å². The number of carboxylic acid groups (broad SMARTS) is 1. The standard InChI is InChI=1S/C22H27NO4/c24-21(9-8-16-10-12-27-13-11-16)23-15-19(22(25)26)14-18-6-3-5-17-4-1-2-7-20(17)18/h1-7,16,19H,8-15H2,(H,23,24)(H,25,26). The monoisotopic (exact) mass is 369 g/mol. The molecule has 0 radical (unpaired) electrons. The van der Waals surface area contributed by atoms with Crippen LogP contribution in [0.2, 0.25) is 0 Å². The lowest BCUT2D eigenvalue weighted by Crippen LogP contribution is -2.34. The van der Waals surface area contributed by atoms with E-state index in [2.05, 4.69) is 5.32 Å². The van der Waals surface area contributed by atoms with Gasteiger partial charge in [0, 0.05) is 26.2 Å². The Labute approximate surface area is 159 Å². The van der Waals surface area contributed by atoms with Crippen LogP contribution >= 0.6 is 0 Å². The number of nitrogens with one attached hydrogen (secondary N) is 1. The first-order chi connectivity index (χ1) is 13.1. The van der Waals surface area contributed by atoms with Crippen molar-refractivity contribution in [3.05, 3.63) is 48.0 Å². The van der Waals surface area contributed by atoms with E-state index in [0.29, 0.717) is 18.8 Å². The smallest absolute Gasteiger partial charge is 0.308 e. The minimum absolute atomic E-state index is 0.0642. The first kappa shape index (κ1) is 19.4. The van der Waals surface area contributed by atoms with Crippen LogP contribution in [-0.4, -0.2) is 36.7 Å². The van der Waals surface area contributed by atoms with Gasteiger partial charge in [-0.15, -0.1) is 0 Å². The van der Waals surface area contributed by atoms with E-state index in [1.54, 1.807) is 0 Å². The maximum Gasteiger partial charge on any atom is 0.308 e. The second-order valence-corrected chi connectivity index (χ2v) is 7.28. The van der Waals surface area contributed by atoms with Gasteiger partial charge in [0.2, 0.25) is 5.91 Å². The average molecular weight is 369 g/mol. The van der Waals surface area contributed by atoms with Gasteiger partial charge in [-0.05, 0) is 47.9 Å². The highest BCUT2D eigenvalue weighted by Crippen LogP contribution is 2.22.